The van der Waals surface area contributed by atoms with Gasteiger partial charge in [-0.15, -0.1) is 0 Å². The zero-order valence-corrected chi connectivity index (χ0v) is 65.1. The minimum atomic E-state index is 0.404. The van der Waals surface area contributed by atoms with E-state index < -0.39 is 0 Å². The van der Waals surface area contributed by atoms with E-state index in [1.165, 1.54) is 177 Å². The van der Waals surface area contributed by atoms with Crippen LogP contribution in [0.4, 0.5) is 22.7 Å². The van der Waals surface area contributed by atoms with Crippen molar-refractivity contribution in [3.8, 4) is 89.5 Å². The molecule has 0 amide bonds. The zero-order valence-electron chi connectivity index (χ0n) is 65.1. The first kappa shape index (κ1) is 66.1. The van der Waals surface area contributed by atoms with Crippen molar-refractivity contribution >= 4 is 66.4 Å². The minimum absolute atomic E-state index is 0.404. The van der Waals surface area contributed by atoms with Gasteiger partial charge in [0.15, 0.2) is 0 Å². The van der Waals surface area contributed by atoms with Crippen LogP contribution in [0.25, 0.3) is 133 Å². The number of aromatic amines is 2. The summed E-state index contributed by atoms with van der Waals surface area (Å²) < 4.78 is 0. The van der Waals surface area contributed by atoms with Crippen LogP contribution < -0.4 is 21.3 Å². The third-order valence-electron chi connectivity index (χ3n) is 32.7. The van der Waals surface area contributed by atoms with Crippen molar-refractivity contribution in [2.24, 2.45) is 92.7 Å². The summed E-state index contributed by atoms with van der Waals surface area (Å²) in [5.41, 5.74) is 27.8. The lowest BCUT2D eigenvalue weighted by molar-refractivity contribution is -0.0445. The van der Waals surface area contributed by atoms with Gasteiger partial charge in [-0.1, -0.05) is 146 Å². The summed E-state index contributed by atoms with van der Waals surface area (Å²) in [6.07, 6.45) is 34.1. The predicted molar refractivity (Wildman–Crippen MR) is 463 cm³/mol. The van der Waals surface area contributed by atoms with Gasteiger partial charge in [0.1, 0.15) is 0 Å². The Balaban J connectivity index is 0.728. The Kier molecular flexibility index (Phi) is 14.8. The van der Waals surface area contributed by atoms with Crippen molar-refractivity contribution in [1.82, 2.24) is 19.9 Å². The van der Waals surface area contributed by atoms with Gasteiger partial charge in [0.05, 0.1) is 44.8 Å². The average molecular weight is 1470 g/mol. The highest BCUT2D eigenvalue weighted by Crippen LogP contribution is 2.65. The Morgan fingerprint density at radius 1 is 0.232 bits per heavy atom. The van der Waals surface area contributed by atoms with Crippen molar-refractivity contribution in [2.45, 2.75) is 154 Å². The molecule has 8 nitrogen and oxygen atoms in total. The maximum Gasteiger partial charge on any atom is 0.0816 e. The van der Waals surface area contributed by atoms with E-state index in [4.69, 9.17) is 9.97 Å². The maximum atomic E-state index is 6.34. The molecule has 16 saturated carbocycles. The van der Waals surface area contributed by atoms with E-state index in [9.17, 15) is 0 Å². The van der Waals surface area contributed by atoms with Crippen molar-refractivity contribution in [2.75, 3.05) is 47.4 Å². The highest BCUT2D eigenvalue weighted by molar-refractivity contribution is 6.21. The molecule has 4 heterocycles. The molecule has 112 heavy (non-hydrogen) atoms. The van der Waals surface area contributed by atoms with Gasteiger partial charge in [-0.2, -0.15) is 0 Å². The van der Waals surface area contributed by atoms with E-state index in [1.54, 1.807) is 0 Å². The van der Waals surface area contributed by atoms with Gasteiger partial charge in [0.2, 0.25) is 0 Å². The Bertz CT molecular complexity index is 4970. The number of rotatable bonds is 16. The number of aromatic nitrogens is 4. The van der Waals surface area contributed by atoms with E-state index in [0.717, 1.165) is 230 Å². The highest BCUT2D eigenvalue weighted by Gasteiger charge is 2.55. The smallest absolute Gasteiger partial charge is 0.0816 e. The van der Waals surface area contributed by atoms with Gasteiger partial charge in [-0.25, -0.2) is 9.97 Å². The third-order valence-corrected chi connectivity index (χ3v) is 32.7. The molecule has 2 aliphatic heterocycles. The van der Waals surface area contributed by atoms with Crippen LogP contribution in [0.5, 0.6) is 0 Å². The molecule has 24 bridgehead atoms. The van der Waals surface area contributed by atoms with Crippen molar-refractivity contribution in [3.05, 3.63) is 194 Å². The van der Waals surface area contributed by atoms with Gasteiger partial charge in [-0.3, -0.25) is 0 Å². The SMILES string of the molecule is c1ccc2c(c1)-c1nc-2c(-c2ccc(NCC34CC5CC(CC(C5)C3)C4)cc2)c2[nH]c(c(-c3ccc(NCC45CC6CC(CC(C6)C4)C5)cc3)c3nc(c(-c4ccc(NCC56CC7CC(CC(C7)C5)C6)cc4)c4[nH]c(c1-c1ccc(NCC56CC7CC(CC(C7)C5)C6)cc1)c1ccccc41)-c1ccccc1-3)c1ccccc21. The maximum absolute atomic E-state index is 6.34. The van der Waals surface area contributed by atoms with Crippen molar-refractivity contribution in [3.63, 3.8) is 0 Å². The number of hydrogen-bond acceptors (Lipinski definition) is 6. The number of hydrogen-bond donors (Lipinski definition) is 6. The lowest BCUT2D eigenvalue weighted by Crippen LogP contribution is -2.49. The van der Waals surface area contributed by atoms with E-state index in [-0.39, 0.29) is 0 Å². The van der Waals surface area contributed by atoms with Crippen LogP contribution >= 0.6 is 0 Å². The van der Waals surface area contributed by atoms with E-state index in [1.807, 2.05) is 0 Å². The Morgan fingerprint density at radius 2 is 0.411 bits per heavy atom. The summed E-state index contributed by atoms with van der Waals surface area (Å²) >= 11 is 0. The van der Waals surface area contributed by atoms with E-state index in [0.29, 0.717) is 21.7 Å². The second-order valence-electron chi connectivity index (χ2n) is 40.4. The van der Waals surface area contributed by atoms with E-state index in [2.05, 4.69) is 225 Å². The lowest BCUT2D eigenvalue weighted by Gasteiger charge is -2.57. The molecule has 8 aromatic carbocycles. The number of nitrogens with one attached hydrogen (secondary N) is 6. The fourth-order valence-corrected chi connectivity index (χ4v) is 30.0. The number of anilines is 4. The molecule has 8 heteroatoms. The molecule has 19 aliphatic rings. The molecule has 6 N–H and O–H groups in total. The molecule has 562 valence electrons. The Morgan fingerprint density at radius 3 is 0.598 bits per heavy atom. The second-order valence-corrected chi connectivity index (χ2v) is 40.4. The van der Waals surface area contributed by atoms with Crippen LogP contribution in [-0.4, -0.2) is 46.1 Å². The van der Waals surface area contributed by atoms with Crippen LogP contribution in [0.1, 0.15) is 154 Å². The summed E-state index contributed by atoms with van der Waals surface area (Å²) in [5.74, 6) is 10.9. The first-order valence-electron chi connectivity index (χ1n) is 44.3. The van der Waals surface area contributed by atoms with Crippen LogP contribution in [0.3, 0.4) is 0 Å². The van der Waals surface area contributed by atoms with Gasteiger partial charge >= 0.3 is 0 Å². The standard InChI is InChI=1S/C104H106N8/c1-2-10-82-81(9-1)93-89(73-17-25-77(26-18-73)105-57-101-45-61-33-62(46-101)35-63(34-61)47-101)95-83-11-3-4-12-84(83)97(110-95)91(75-21-29-79(30-22-75)107-59-103-51-67-39-68(52-103)41-69(40-67)53-103)99-87-15-7-8-16-88(87)100(112-99)92(76-23-31-80(32-24-76)108-60-104-54-70-42-71(55-104)44-72(43-70)56-104)98-86-14-6-5-13-85(86)96(111-98)90(94(82)109-93)74-19-27-78(28-20-74)106-58-102-48-64-36-65(49-102)38-66(37-64)50-102/h1-32,61-72,105-109,112H,33-60H2. The fourth-order valence-electron chi connectivity index (χ4n) is 30.0. The average Bonchev–Trinajstić information content (AvgIpc) is 1.54. The summed E-state index contributed by atoms with van der Waals surface area (Å²) in [4.78, 5) is 21.6. The van der Waals surface area contributed by atoms with Crippen LogP contribution in [-0.2, 0) is 0 Å². The molecule has 10 aromatic rings. The molecule has 16 fully saturated rings. The Hall–Kier alpha value is -9.40. The summed E-state index contributed by atoms with van der Waals surface area (Å²) in [6.45, 7) is 4.21. The zero-order chi connectivity index (χ0) is 73.2. The molecule has 0 unspecified atom stereocenters. The first-order chi connectivity index (χ1) is 55.1. The first-order valence-corrected chi connectivity index (χ1v) is 44.3. The van der Waals surface area contributed by atoms with Crippen molar-refractivity contribution < 1.29 is 0 Å². The van der Waals surface area contributed by atoms with Gasteiger partial charge < -0.3 is 31.2 Å². The molecule has 0 saturated heterocycles. The number of benzene rings is 8. The highest BCUT2D eigenvalue weighted by atomic mass is 14.9. The molecule has 0 radical (unpaired) electrons. The van der Waals surface area contributed by atoms with Gasteiger partial charge in [0.25, 0.3) is 0 Å². The van der Waals surface area contributed by atoms with Crippen LogP contribution in [0.2, 0.25) is 0 Å². The summed E-state index contributed by atoms with van der Waals surface area (Å²) in [6, 6.07) is 75.0. The van der Waals surface area contributed by atoms with Crippen molar-refractivity contribution in [1.29, 1.82) is 0 Å². The fraction of sp³-hybridized carbons (Fsp3) is 0.423. The molecular weight excluding hydrogens is 1360 g/mol. The summed E-state index contributed by atoms with van der Waals surface area (Å²) in [7, 11) is 0. The normalized spacial score (nSPS) is 31.4. The Labute approximate surface area is 660 Å². The molecule has 17 aliphatic carbocycles. The second kappa shape index (κ2) is 25.1. The predicted octanol–water partition coefficient (Wildman–Crippen LogP) is 26.5. The van der Waals surface area contributed by atoms with E-state index >= 15 is 0 Å². The third kappa shape index (κ3) is 10.9. The van der Waals surface area contributed by atoms with Crippen LogP contribution in [0, 0.1) is 92.7 Å². The largest absolute Gasteiger partial charge is 0.384 e. The molecule has 0 atom stereocenters. The van der Waals surface area contributed by atoms with Crippen LogP contribution in [0.15, 0.2) is 194 Å². The number of nitrogens with zero attached hydrogens (tertiary/aromatic N) is 2. The lowest BCUT2D eigenvalue weighted by atomic mass is 9.49. The monoisotopic (exact) mass is 1470 g/mol. The minimum Gasteiger partial charge on any atom is -0.384 e. The topological polar surface area (TPSA) is 105 Å². The molecular formula is C104H106N8. The number of H-pyrrole nitrogens is 2. The molecule has 29 rings (SSSR count). The quantitative estimate of drug-likeness (QED) is 0.0576. The van der Waals surface area contributed by atoms with Gasteiger partial charge in [-0.05, 0) is 318 Å². The molecule has 2 aromatic heterocycles. The summed E-state index contributed by atoms with van der Waals surface area (Å²) in [5, 5.41) is 21.1. The molecule has 0 spiro atoms. The van der Waals surface area contributed by atoms with Gasteiger partial charge in [0, 0.05) is 115 Å².